The molecular weight excluding hydrogens is 246 g/mol. The molecule has 1 heterocycles. The molecule has 1 atom stereocenters. The first-order valence-electron chi connectivity index (χ1n) is 8.17. The average molecular weight is 275 g/mol. The first kappa shape index (κ1) is 15.4. The number of ether oxygens (including phenoxy) is 1. The summed E-state index contributed by atoms with van der Waals surface area (Å²) in [4.78, 5) is 2.67. The summed E-state index contributed by atoms with van der Waals surface area (Å²) in [5.41, 5.74) is 1.43. The maximum atomic E-state index is 5.19. The van der Waals surface area contributed by atoms with Crippen LogP contribution in [0.3, 0.4) is 0 Å². The van der Waals surface area contributed by atoms with E-state index in [1.165, 1.54) is 63.7 Å². The van der Waals surface area contributed by atoms with Crippen LogP contribution in [0.5, 0.6) is 5.75 Å². The van der Waals surface area contributed by atoms with Crippen LogP contribution in [0.1, 0.15) is 44.6 Å². The highest BCUT2D eigenvalue weighted by Crippen LogP contribution is 2.19. The standard InChI is InChI=1S/C18H29NO/c1-3-16-8-6-14-19(15-16)13-5-4-7-17-9-11-18(20-2)12-10-17/h9-12,16H,3-8,13-15H2,1-2H3. The van der Waals surface area contributed by atoms with Gasteiger partial charge in [-0.2, -0.15) is 0 Å². The second-order valence-corrected chi connectivity index (χ2v) is 6.02. The first-order chi connectivity index (χ1) is 9.81. The van der Waals surface area contributed by atoms with E-state index in [1.807, 2.05) is 0 Å². The van der Waals surface area contributed by atoms with Gasteiger partial charge in [0.15, 0.2) is 0 Å². The van der Waals surface area contributed by atoms with Gasteiger partial charge in [-0.05, 0) is 68.8 Å². The normalized spacial score (nSPS) is 20.0. The van der Waals surface area contributed by atoms with E-state index in [-0.39, 0.29) is 0 Å². The summed E-state index contributed by atoms with van der Waals surface area (Å²) in [6, 6.07) is 8.50. The number of unbranched alkanes of at least 4 members (excludes halogenated alkanes) is 1. The van der Waals surface area contributed by atoms with Gasteiger partial charge in [0.05, 0.1) is 7.11 Å². The lowest BCUT2D eigenvalue weighted by Crippen LogP contribution is -2.35. The van der Waals surface area contributed by atoms with Crippen molar-refractivity contribution in [2.24, 2.45) is 5.92 Å². The molecule has 1 fully saturated rings. The van der Waals surface area contributed by atoms with Crippen molar-refractivity contribution in [1.29, 1.82) is 0 Å². The molecule has 0 saturated carbocycles. The maximum Gasteiger partial charge on any atom is 0.118 e. The molecule has 1 aliphatic rings. The van der Waals surface area contributed by atoms with E-state index < -0.39 is 0 Å². The second-order valence-electron chi connectivity index (χ2n) is 6.02. The third-order valence-corrected chi connectivity index (χ3v) is 4.53. The van der Waals surface area contributed by atoms with Gasteiger partial charge in [-0.1, -0.05) is 25.5 Å². The van der Waals surface area contributed by atoms with Crippen molar-refractivity contribution in [2.45, 2.75) is 45.4 Å². The summed E-state index contributed by atoms with van der Waals surface area (Å²) in [7, 11) is 1.72. The Bertz CT molecular complexity index is 374. The zero-order chi connectivity index (χ0) is 14.2. The Morgan fingerprint density at radius 1 is 1.20 bits per heavy atom. The Balaban J connectivity index is 1.63. The van der Waals surface area contributed by atoms with Crippen molar-refractivity contribution in [3.05, 3.63) is 29.8 Å². The van der Waals surface area contributed by atoms with Gasteiger partial charge in [-0.3, -0.25) is 0 Å². The van der Waals surface area contributed by atoms with Crippen LogP contribution < -0.4 is 4.74 Å². The quantitative estimate of drug-likeness (QED) is 0.693. The summed E-state index contributed by atoms with van der Waals surface area (Å²) in [6.07, 6.45) is 8.00. The lowest BCUT2D eigenvalue weighted by molar-refractivity contribution is 0.169. The monoisotopic (exact) mass is 275 g/mol. The first-order valence-corrected chi connectivity index (χ1v) is 8.17. The van der Waals surface area contributed by atoms with Gasteiger partial charge in [0, 0.05) is 6.54 Å². The number of likely N-dealkylation sites (tertiary alicyclic amines) is 1. The van der Waals surface area contributed by atoms with Crippen LogP contribution in [-0.2, 0) is 6.42 Å². The molecule has 1 aromatic carbocycles. The number of piperidine rings is 1. The van der Waals surface area contributed by atoms with Gasteiger partial charge in [0.1, 0.15) is 5.75 Å². The number of hydrogen-bond donors (Lipinski definition) is 0. The third kappa shape index (κ3) is 4.82. The lowest BCUT2D eigenvalue weighted by atomic mass is 9.95. The van der Waals surface area contributed by atoms with Crippen LogP contribution in [0.15, 0.2) is 24.3 Å². The predicted octanol–water partition coefficient (Wildman–Crippen LogP) is 4.14. The van der Waals surface area contributed by atoms with E-state index in [4.69, 9.17) is 4.74 Å². The van der Waals surface area contributed by atoms with Crippen molar-refractivity contribution in [1.82, 2.24) is 4.90 Å². The Labute approximate surface area is 124 Å². The topological polar surface area (TPSA) is 12.5 Å². The highest BCUT2D eigenvalue weighted by atomic mass is 16.5. The Hall–Kier alpha value is -1.02. The molecule has 1 saturated heterocycles. The molecule has 1 aromatic rings. The van der Waals surface area contributed by atoms with Gasteiger partial charge in [0.25, 0.3) is 0 Å². The third-order valence-electron chi connectivity index (χ3n) is 4.53. The second kappa shape index (κ2) is 8.31. The van der Waals surface area contributed by atoms with Crippen LogP contribution >= 0.6 is 0 Å². The van der Waals surface area contributed by atoms with Crippen molar-refractivity contribution in [2.75, 3.05) is 26.7 Å². The van der Waals surface area contributed by atoms with Gasteiger partial charge in [-0.25, -0.2) is 0 Å². The minimum Gasteiger partial charge on any atom is -0.497 e. The lowest BCUT2D eigenvalue weighted by Gasteiger charge is -2.32. The molecule has 0 radical (unpaired) electrons. The predicted molar refractivity (Wildman–Crippen MR) is 85.4 cm³/mol. The molecule has 0 aliphatic carbocycles. The highest BCUT2D eigenvalue weighted by Gasteiger charge is 2.17. The van der Waals surface area contributed by atoms with Gasteiger partial charge < -0.3 is 9.64 Å². The SMILES string of the molecule is CCC1CCCN(CCCCc2ccc(OC)cc2)C1. The summed E-state index contributed by atoms with van der Waals surface area (Å²) < 4.78 is 5.19. The van der Waals surface area contributed by atoms with E-state index in [2.05, 4.69) is 36.1 Å². The summed E-state index contributed by atoms with van der Waals surface area (Å²) in [5.74, 6) is 1.90. The van der Waals surface area contributed by atoms with Crippen molar-refractivity contribution < 1.29 is 4.74 Å². The highest BCUT2D eigenvalue weighted by molar-refractivity contribution is 5.27. The van der Waals surface area contributed by atoms with Crippen LogP contribution in [0.2, 0.25) is 0 Å². The van der Waals surface area contributed by atoms with Gasteiger partial charge in [-0.15, -0.1) is 0 Å². The molecule has 2 nitrogen and oxygen atoms in total. The number of hydrogen-bond acceptors (Lipinski definition) is 2. The fraction of sp³-hybridized carbons (Fsp3) is 0.667. The number of methoxy groups -OCH3 is 1. The Morgan fingerprint density at radius 2 is 2.00 bits per heavy atom. The fourth-order valence-electron chi connectivity index (χ4n) is 3.14. The van der Waals surface area contributed by atoms with Crippen molar-refractivity contribution in [3.8, 4) is 5.75 Å². The van der Waals surface area contributed by atoms with E-state index in [0.717, 1.165) is 11.7 Å². The van der Waals surface area contributed by atoms with E-state index >= 15 is 0 Å². The largest absolute Gasteiger partial charge is 0.497 e. The number of benzene rings is 1. The van der Waals surface area contributed by atoms with E-state index in [0.29, 0.717) is 0 Å². The molecule has 1 unspecified atom stereocenters. The number of rotatable bonds is 7. The average Bonchev–Trinajstić information content (AvgIpc) is 2.52. The summed E-state index contributed by atoms with van der Waals surface area (Å²) >= 11 is 0. The zero-order valence-electron chi connectivity index (χ0n) is 13.1. The Morgan fingerprint density at radius 3 is 2.70 bits per heavy atom. The van der Waals surface area contributed by atoms with Gasteiger partial charge >= 0.3 is 0 Å². The van der Waals surface area contributed by atoms with Crippen molar-refractivity contribution >= 4 is 0 Å². The summed E-state index contributed by atoms with van der Waals surface area (Å²) in [6.45, 7) is 6.27. The van der Waals surface area contributed by atoms with Crippen LogP contribution in [0.4, 0.5) is 0 Å². The molecular formula is C18H29NO. The molecule has 2 rings (SSSR count). The molecule has 0 bridgehead atoms. The van der Waals surface area contributed by atoms with Crippen LogP contribution in [-0.4, -0.2) is 31.6 Å². The molecule has 2 heteroatoms. The molecule has 112 valence electrons. The molecule has 0 amide bonds. The molecule has 20 heavy (non-hydrogen) atoms. The minimum atomic E-state index is 0.949. The maximum absolute atomic E-state index is 5.19. The zero-order valence-corrected chi connectivity index (χ0v) is 13.1. The Kier molecular flexibility index (Phi) is 6.38. The summed E-state index contributed by atoms with van der Waals surface area (Å²) in [5, 5.41) is 0. The smallest absolute Gasteiger partial charge is 0.118 e. The van der Waals surface area contributed by atoms with Crippen molar-refractivity contribution in [3.63, 3.8) is 0 Å². The number of nitrogens with zero attached hydrogens (tertiary/aromatic N) is 1. The molecule has 1 aliphatic heterocycles. The van der Waals surface area contributed by atoms with Gasteiger partial charge in [0.2, 0.25) is 0 Å². The minimum absolute atomic E-state index is 0.949. The fourth-order valence-corrected chi connectivity index (χ4v) is 3.14. The van der Waals surface area contributed by atoms with Crippen LogP contribution in [0, 0.1) is 5.92 Å². The van der Waals surface area contributed by atoms with E-state index in [1.54, 1.807) is 7.11 Å². The number of aryl methyl sites for hydroxylation is 1. The van der Waals surface area contributed by atoms with Crippen LogP contribution in [0.25, 0.3) is 0 Å². The molecule has 0 aromatic heterocycles. The molecule has 0 N–H and O–H groups in total. The molecule has 0 spiro atoms. The van der Waals surface area contributed by atoms with E-state index in [9.17, 15) is 0 Å².